The van der Waals surface area contributed by atoms with Gasteiger partial charge in [0.15, 0.2) is 17.5 Å². The molecule has 0 fully saturated rings. The third-order valence-electron chi connectivity index (χ3n) is 5.21. The fourth-order valence-corrected chi connectivity index (χ4v) is 3.34. The number of nitrogens with zero attached hydrogens (tertiary/aromatic N) is 7. The first kappa shape index (κ1) is 24.9. The van der Waals surface area contributed by atoms with E-state index >= 15 is 4.39 Å². The number of aryl methyl sites for hydroxylation is 2. The van der Waals surface area contributed by atoms with Crippen molar-refractivity contribution < 1.29 is 22.5 Å². The van der Waals surface area contributed by atoms with Gasteiger partial charge in [0.25, 0.3) is 12.3 Å². The lowest BCUT2D eigenvalue weighted by atomic mass is 9.96. The van der Waals surface area contributed by atoms with Gasteiger partial charge in [-0.05, 0) is 18.1 Å². The van der Waals surface area contributed by atoms with E-state index in [4.69, 9.17) is 4.52 Å². The molecule has 0 atom stereocenters. The number of aromatic nitrogens is 7. The van der Waals surface area contributed by atoms with E-state index < -0.39 is 29.0 Å². The molecule has 0 radical (unpaired) electrons. The van der Waals surface area contributed by atoms with Crippen molar-refractivity contribution in [1.82, 2.24) is 34.9 Å². The average molecular weight is 500 g/mol. The van der Waals surface area contributed by atoms with Crippen molar-refractivity contribution in [2.45, 2.75) is 45.5 Å². The molecule has 10 nitrogen and oxygen atoms in total. The molecule has 4 aromatic rings. The van der Waals surface area contributed by atoms with Gasteiger partial charge in [0.2, 0.25) is 11.7 Å². The summed E-state index contributed by atoms with van der Waals surface area (Å²) in [6.07, 6.45) is -0.651. The van der Waals surface area contributed by atoms with Gasteiger partial charge in [0.1, 0.15) is 12.1 Å². The molecule has 13 heteroatoms. The lowest BCUT2D eigenvalue weighted by molar-refractivity contribution is 0.0938. The monoisotopic (exact) mass is 500 g/mol. The smallest absolute Gasteiger partial charge is 0.294 e. The molecule has 0 aliphatic rings. The third-order valence-corrected chi connectivity index (χ3v) is 5.21. The van der Waals surface area contributed by atoms with E-state index in [1.165, 1.54) is 12.1 Å². The number of anilines is 2. The number of hydrogen-bond donors (Lipinski definition) is 1. The molecule has 1 aromatic carbocycles. The minimum absolute atomic E-state index is 0.0175. The Kier molecular flexibility index (Phi) is 6.82. The Morgan fingerprint density at radius 2 is 1.94 bits per heavy atom. The van der Waals surface area contributed by atoms with Gasteiger partial charge < -0.3 is 9.84 Å². The van der Waals surface area contributed by atoms with Crippen molar-refractivity contribution in [2.75, 3.05) is 5.32 Å². The summed E-state index contributed by atoms with van der Waals surface area (Å²) in [4.78, 5) is 28.6. The van der Waals surface area contributed by atoms with Crippen LogP contribution < -0.4 is 5.32 Å². The maximum atomic E-state index is 15.3. The topological polar surface area (TPSA) is 125 Å². The number of halogens is 3. The largest absolute Gasteiger partial charge is 0.331 e. The Morgan fingerprint density at radius 1 is 1.17 bits per heavy atom. The van der Waals surface area contributed by atoms with Crippen LogP contribution in [0.1, 0.15) is 61.3 Å². The third kappa shape index (κ3) is 5.39. The quantitative estimate of drug-likeness (QED) is 0.346. The molecule has 188 valence electrons. The molecule has 4 rings (SSSR count). The minimum atomic E-state index is -3.13. The molecule has 0 bridgehead atoms. The molecule has 0 saturated carbocycles. The molecule has 3 aromatic heterocycles. The summed E-state index contributed by atoms with van der Waals surface area (Å²) in [6, 6.07) is 4.30. The first-order chi connectivity index (χ1) is 17.0. The zero-order valence-electron chi connectivity index (χ0n) is 20.0. The van der Waals surface area contributed by atoms with E-state index in [0.29, 0.717) is 11.6 Å². The second-order valence-electron chi connectivity index (χ2n) is 9.03. The Balaban J connectivity index is 1.56. The highest BCUT2D eigenvalue weighted by molar-refractivity contribution is 5.91. The Labute approximate surface area is 204 Å². The van der Waals surface area contributed by atoms with Gasteiger partial charge in [-0.25, -0.2) is 23.1 Å². The van der Waals surface area contributed by atoms with E-state index in [0.717, 1.165) is 6.33 Å². The van der Waals surface area contributed by atoms with E-state index in [1.54, 1.807) is 24.0 Å². The number of nitrogens with one attached hydrogen (secondary N) is 1. The van der Waals surface area contributed by atoms with Gasteiger partial charge in [-0.1, -0.05) is 32.0 Å². The Hall–Kier alpha value is -4.16. The molecule has 0 unspecified atom stereocenters. The summed E-state index contributed by atoms with van der Waals surface area (Å²) >= 11 is 0. The highest BCUT2D eigenvalue weighted by Gasteiger charge is 2.26. The number of carbonyl (C=O) groups is 1. The number of hydrogen-bond acceptors (Lipinski definition) is 9. The number of alkyl halides is 2. The van der Waals surface area contributed by atoms with Crippen LogP contribution in [0.4, 0.5) is 24.9 Å². The van der Waals surface area contributed by atoms with Crippen LogP contribution >= 0.6 is 0 Å². The van der Waals surface area contributed by atoms with Gasteiger partial charge in [-0.3, -0.25) is 9.48 Å². The van der Waals surface area contributed by atoms with Crippen LogP contribution in [0.5, 0.6) is 0 Å². The van der Waals surface area contributed by atoms with Crippen LogP contribution in [-0.2, 0) is 18.9 Å². The molecule has 0 spiro atoms. The molecule has 0 aliphatic carbocycles. The standard InChI is InChI=1S/C23H23F3N8O2/c1-23(2,3)21-31-20(36-33-21)14(35)8-6-12-5-7-13(17(24)16(12)18(25)26)19-27-11-28-22(30-19)29-15-9-10-34(4)32-15/h5,7,9-11,18H,6,8H2,1-4H3,(H,27,28,29,30,32). The van der Waals surface area contributed by atoms with Crippen molar-refractivity contribution in [2.24, 2.45) is 7.05 Å². The molecule has 0 amide bonds. The molecular formula is C23H23F3N8O2. The van der Waals surface area contributed by atoms with E-state index in [2.05, 4.69) is 35.5 Å². The SMILES string of the molecule is Cn1ccc(Nc2ncnc(-c3ccc(CCC(=O)c4nc(C(C)(C)C)no4)c(C(F)F)c3F)n2)n1. The van der Waals surface area contributed by atoms with Gasteiger partial charge >= 0.3 is 0 Å². The zero-order chi connectivity index (χ0) is 26.0. The molecular weight excluding hydrogens is 477 g/mol. The number of Topliss-reactive ketones (excluding diaryl/α,β-unsaturated/α-hetero) is 1. The molecule has 1 N–H and O–H groups in total. The molecule has 3 heterocycles. The van der Waals surface area contributed by atoms with Crippen molar-refractivity contribution >= 4 is 17.5 Å². The lowest BCUT2D eigenvalue weighted by Gasteiger charge is -2.13. The average Bonchev–Trinajstić information content (AvgIpc) is 3.47. The van der Waals surface area contributed by atoms with Gasteiger partial charge in [0.05, 0.1) is 11.1 Å². The molecule has 0 saturated heterocycles. The lowest BCUT2D eigenvalue weighted by Crippen LogP contribution is -2.14. The van der Waals surface area contributed by atoms with Crippen molar-refractivity contribution in [1.29, 1.82) is 0 Å². The predicted octanol–water partition coefficient (Wildman–Crippen LogP) is 4.59. The predicted molar refractivity (Wildman–Crippen MR) is 122 cm³/mol. The van der Waals surface area contributed by atoms with Crippen molar-refractivity contribution in [3.63, 3.8) is 0 Å². The number of rotatable bonds is 8. The van der Waals surface area contributed by atoms with Gasteiger partial charge in [-0.15, -0.1) is 0 Å². The number of carbonyl (C=O) groups excluding carboxylic acids is 1. The first-order valence-electron chi connectivity index (χ1n) is 11.0. The Morgan fingerprint density at radius 3 is 2.58 bits per heavy atom. The maximum absolute atomic E-state index is 15.3. The van der Waals surface area contributed by atoms with Crippen LogP contribution in [0.15, 0.2) is 35.2 Å². The molecule has 0 aliphatic heterocycles. The van der Waals surface area contributed by atoms with E-state index in [9.17, 15) is 13.6 Å². The summed E-state index contributed by atoms with van der Waals surface area (Å²) in [5.74, 6) is -1.17. The fraction of sp³-hybridized carbons (Fsp3) is 0.348. The first-order valence-corrected chi connectivity index (χ1v) is 11.0. The summed E-state index contributed by atoms with van der Waals surface area (Å²) in [5.41, 5.74) is -1.48. The second kappa shape index (κ2) is 9.84. The number of benzene rings is 1. The summed E-state index contributed by atoms with van der Waals surface area (Å²) in [7, 11) is 1.73. The van der Waals surface area contributed by atoms with Crippen molar-refractivity contribution in [3.05, 3.63) is 59.4 Å². The fourth-order valence-electron chi connectivity index (χ4n) is 3.34. The summed E-state index contributed by atoms with van der Waals surface area (Å²) in [5, 5.41) is 10.8. The highest BCUT2D eigenvalue weighted by Crippen LogP contribution is 2.33. The van der Waals surface area contributed by atoms with Crippen LogP contribution in [-0.4, -0.2) is 40.7 Å². The normalized spacial score (nSPS) is 11.8. The summed E-state index contributed by atoms with van der Waals surface area (Å²) < 4.78 is 49.6. The van der Waals surface area contributed by atoms with Gasteiger partial charge in [0, 0.05) is 31.1 Å². The van der Waals surface area contributed by atoms with E-state index in [-0.39, 0.29) is 41.6 Å². The highest BCUT2D eigenvalue weighted by atomic mass is 19.3. The van der Waals surface area contributed by atoms with Crippen molar-refractivity contribution in [3.8, 4) is 11.4 Å². The van der Waals surface area contributed by atoms with Crippen LogP contribution in [0.25, 0.3) is 11.4 Å². The number of ketones is 1. The Bertz CT molecular complexity index is 1390. The van der Waals surface area contributed by atoms with E-state index in [1.807, 2.05) is 20.8 Å². The minimum Gasteiger partial charge on any atom is -0.331 e. The summed E-state index contributed by atoms with van der Waals surface area (Å²) in [6.45, 7) is 5.57. The van der Waals surface area contributed by atoms with Crippen LogP contribution in [0, 0.1) is 5.82 Å². The second-order valence-corrected chi connectivity index (χ2v) is 9.03. The molecule has 36 heavy (non-hydrogen) atoms. The van der Waals surface area contributed by atoms with Crippen LogP contribution in [0.3, 0.4) is 0 Å². The van der Waals surface area contributed by atoms with Crippen LogP contribution in [0.2, 0.25) is 0 Å². The zero-order valence-corrected chi connectivity index (χ0v) is 20.0. The maximum Gasteiger partial charge on any atom is 0.294 e. The van der Waals surface area contributed by atoms with Gasteiger partial charge in [-0.2, -0.15) is 15.1 Å².